The summed E-state index contributed by atoms with van der Waals surface area (Å²) in [4.78, 5) is 5.28. The van der Waals surface area contributed by atoms with Crippen LogP contribution >= 0.6 is 11.8 Å². The largest absolute Gasteiger partial charge is 0.507 e. The minimum Gasteiger partial charge on any atom is -0.507 e. The number of nitriles is 1. The van der Waals surface area contributed by atoms with Crippen LogP contribution in [0.25, 0.3) is 10.8 Å². The minimum absolute atomic E-state index is 0.257. The molecule has 1 N–H and O–H groups in total. The average molecular weight is 292 g/mol. The van der Waals surface area contributed by atoms with Crippen LogP contribution < -0.4 is 0 Å². The number of aryl methyl sites for hydroxylation is 1. The molecular weight excluding hydrogens is 280 g/mol. The van der Waals surface area contributed by atoms with Crippen LogP contribution in [0, 0.1) is 18.3 Å². The number of hydrogen-bond donors (Lipinski definition) is 1. The van der Waals surface area contributed by atoms with Gasteiger partial charge in [-0.2, -0.15) is 5.26 Å². The van der Waals surface area contributed by atoms with E-state index in [1.54, 1.807) is 12.3 Å². The van der Waals surface area contributed by atoms with Gasteiger partial charge in [0.15, 0.2) is 0 Å². The average Bonchev–Trinajstić information content (AvgIpc) is 2.51. The number of aromatic nitrogens is 1. The first-order valence-electron chi connectivity index (χ1n) is 6.45. The molecule has 3 rings (SSSR count). The van der Waals surface area contributed by atoms with Crippen molar-refractivity contribution in [2.24, 2.45) is 0 Å². The Morgan fingerprint density at radius 1 is 1.10 bits per heavy atom. The van der Waals surface area contributed by atoms with Gasteiger partial charge < -0.3 is 5.11 Å². The molecule has 3 nitrogen and oxygen atoms in total. The molecule has 0 aliphatic rings. The highest BCUT2D eigenvalue weighted by Crippen LogP contribution is 2.37. The summed E-state index contributed by atoms with van der Waals surface area (Å²) in [5.74, 6) is 0.257. The van der Waals surface area contributed by atoms with E-state index < -0.39 is 0 Å². The number of pyridine rings is 1. The molecule has 0 aliphatic carbocycles. The third-order valence-electron chi connectivity index (χ3n) is 3.30. The number of benzene rings is 2. The third-order valence-corrected chi connectivity index (χ3v) is 4.38. The lowest BCUT2D eigenvalue weighted by atomic mass is 10.1. The first-order valence-corrected chi connectivity index (χ1v) is 7.26. The van der Waals surface area contributed by atoms with Crippen LogP contribution in [0.3, 0.4) is 0 Å². The summed E-state index contributed by atoms with van der Waals surface area (Å²) in [6, 6.07) is 15.2. The Morgan fingerprint density at radius 2 is 1.86 bits per heavy atom. The molecular formula is C17H12N2OS. The van der Waals surface area contributed by atoms with Crippen molar-refractivity contribution in [2.45, 2.75) is 16.8 Å². The fraction of sp³-hybridized carbons (Fsp3) is 0.0588. The molecule has 0 amide bonds. The number of aromatic hydroxyl groups is 1. The summed E-state index contributed by atoms with van der Waals surface area (Å²) >= 11 is 1.45. The second kappa shape index (κ2) is 5.47. The molecule has 21 heavy (non-hydrogen) atoms. The lowest BCUT2D eigenvalue weighted by Crippen LogP contribution is -1.90. The monoisotopic (exact) mass is 292 g/mol. The van der Waals surface area contributed by atoms with E-state index in [1.165, 1.54) is 11.8 Å². The fourth-order valence-electron chi connectivity index (χ4n) is 2.20. The SMILES string of the molecule is Cc1ccnc(Sc2ccc(O)c3ccccc23)c1C#N. The van der Waals surface area contributed by atoms with Crippen molar-refractivity contribution in [3.8, 4) is 11.8 Å². The predicted octanol–water partition coefficient (Wildman–Crippen LogP) is 4.27. The predicted molar refractivity (Wildman–Crippen MR) is 83.4 cm³/mol. The Hall–Kier alpha value is -2.51. The lowest BCUT2D eigenvalue weighted by molar-refractivity contribution is 0.481. The van der Waals surface area contributed by atoms with Gasteiger partial charge in [-0.1, -0.05) is 36.0 Å². The maximum atomic E-state index is 9.93. The van der Waals surface area contributed by atoms with E-state index in [4.69, 9.17) is 0 Å². The number of rotatable bonds is 2. The molecule has 3 aromatic rings. The van der Waals surface area contributed by atoms with Crippen LogP contribution in [0.1, 0.15) is 11.1 Å². The molecule has 1 heterocycles. The minimum atomic E-state index is 0.257. The topological polar surface area (TPSA) is 56.9 Å². The highest BCUT2D eigenvalue weighted by atomic mass is 32.2. The normalized spacial score (nSPS) is 10.5. The smallest absolute Gasteiger partial charge is 0.123 e. The summed E-state index contributed by atoms with van der Waals surface area (Å²) in [7, 11) is 0. The van der Waals surface area contributed by atoms with Crippen LogP contribution in [0.5, 0.6) is 5.75 Å². The molecule has 0 saturated heterocycles. The van der Waals surface area contributed by atoms with Gasteiger partial charge in [0, 0.05) is 16.5 Å². The van der Waals surface area contributed by atoms with Crippen LogP contribution in [0.15, 0.2) is 58.6 Å². The van der Waals surface area contributed by atoms with Gasteiger partial charge in [-0.25, -0.2) is 4.98 Å². The standard InChI is InChI=1S/C17H12N2OS/c1-11-8-9-19-17(14(11)10-18)21-16-7-6-15(20)12-4-2-3-5-13(12)16/h2-9,20H,1H3. The third kappa shape index (κ3) is 2.44. The van der Waals surface area contributed by atoms with Crippen molar-refractivity contribution in [3.05, 3.63) is 59.8 Å². The number of fused-ring (bicyclic) bond motifs is 1. The molecule has 0 spiro atoms. The van der Waals surface area contributed by atoms with Crippen molar-refractivity contribution in [1.29, 1.82) is 5.26 Å². The molecule has 0 bridgehead atoms. The molecule has 2 aromatic carbocycles. The molecule has 0 atom stereocenters. The maximum Gasteiger partial charge on any atom is 0.123 e. The van der Waals surface area contributed by atoms with E-state index in [0.29, 0.717) is 10.6 Å². The zero-order valence-corrected chi connectivity index (χ0v) is 12.2. The van der Waals surface area contributed by atoms with E-state index in [0.717, 1.165) is 21.2 Å². The quantitative estimate of drug-likeness (QED) is 0.766. The Bertz CT molecular complexity index is 868. The summed E-state index contributed by atoms with van der Waals surface area (Å²) in [6.45, 7) is 1.90. The highest BCUT2D eigenvalue weighted by Gasteiger charge is 2.11. The molecule has 102 valence electrons. The number of phenols is 1. The zero-order chi connectivity index (χ0) is 14.8. The fourth-order valence-corrected chi connectivity index (χ4v) is 3.25. The summed E-state index contributed by atoms with van der Waals surface area (Å²) in [5.41, 5.74) is 1.51. The molecule has 0 radical (unpaired) electrons. The molecule has 1 aromatic heterocycles. The van der Waals surface area contributed by atoms with Gasteiger partial charge in [0.1, 0.15) is 16.8 Å². The molecule has 0 fully saturated rings. The second-order valence-electron chi connectivity index (χ2n) is 4.65. The number of nitrogens with zero attached hydrogens (tertiary/aromatic N) is 2. The van der Waals surface area contributed by atoms with Crippen molar-refractivity contribution in [3.63, 3.8) is 0 Å². The van der Waals surface area contributed by atoms with E-state index in [-0.39, 0.29) is 5.75 Å². The van der Waals surface area contributed by atoms with Gasteiger partial charge in [-0.15, -0.1) is 0 Å². The van der Waals surface area contributed by atoms with Crippen LogP contribution in [-0.4, -0.2) is 10.1 Å². The molecule has 0 saturated carbocycles. The molecule has 4 heteroatoms. The Morgan fingerprint density at radius 3 is 2.62 bits per heavy atom. The molecule has 0 aliphatic heterocycles. The van der Waals surface area contributed by atoms with E-state index in [2.05, 4.69) is 11.1 Å². The summed E-state index contributed by atoms with van der Waals surface area (Å²) in [6.07, 6.45) is 1.71. The highest BCUT2D eigenvalue weighted by molar-refractivity contribution is 7.99. The number of hydrogen-bond acceptors (Lipinski definition) is 4. The first-order chi connectivity index (χ1) is 10.2. The molecule has 0 unspecified atom stereocenters. The van der Waals surface area contributed by atoms with Gasteiger partial charge in [0.25, 0.3) is 0 Å². The Kier molecular flexibility index (Phi) is 3.51. The second-order valence-corrected chi connectivity index (χ2v) is 5.68. The van der Waals surface area contributed by atoms with Crippen molar-refractivity contribution in [1.82, 2.24) is 4.98 Å². The lowest BCUT2D eigenvalue weighted by Gasteiger charge is -2.09. The van der Waals surface area contributed by atoms with Gasteiger partial charge >= 0.3 is 0 Å². The first kappa shape index (κ1) is 13.5. The van der Waals surface area contributed by atoms with Gasteiger partial charge in [-0.05, 0) is 36.1 Å². The van der Waals surface area contributed by atoms with Crippen molar-refractivity contribution >= 4 is 22.5 Å². The van der Waals surface area contributed by atoms with E-state index >= 15 is 0 Å². The van der Waals surface area contributed by atoms with Gasteiger partial charge in [0.2, 0.25) is 0 Å². The van der Waals surface area contributed by atoms with E-state index in [9.17, 15) is 10.4 Å². The summed E-state index contributed by atoms with van der Waals surface area (Å²) < 4.78 is 0. The maximum absolute atomic E-state index is 9.93. The van der Waals surface area contributed by atoms with Crippen LogP contribution in [0.2, 0.25) is 0 Å². The van der Waals surface area contributed by atoms with Gasteiger partial charge in [0.05, 0.1) is 5.56 Å². The van der Waals surface area contributed by atoms with Crippen LogP contribution in [0.4, 0.5) is 0 Å². The van der Waals surface area contributed by atoms with Crippen LogP contribution in [-0.2, 0) is 0 Å². The van der Waals surface area contributed by atoms with Crippen molar-refractivity contribution < 1.29 is 5.11 Å². The number of phenolic OH excluding ortho intramolecular Hbond substituents is 1. The van der Waals surface area contributed by atoms with E-state index in [1.807, 2.05) is 43.3 Å². The Balaban J connectivity index is 2.14. The zero-order valence-electron chi connectivity index (χ0n) is 11.4. The van der Waals surface area contributed by atoms with Crippen molar-refractivity contribution in [2.75, 3.05) is 0 Å². The van der Waals surface area contributed by atoms with Gasteiger partial charge in [-0.3, -0.25) is 0 Å². The Labute approximate surface area is 126 Å². The summed E-state index contributed by atoms with van der Waals surface area (Å²) in [5, 5.41) is 21.7.